The number of carbonyl (C=O) groups excluding carboxylic acids is 2. The van der Waals surface area contributed by atoms with E-state index in [0.29, 0.717) is 37.4 Å². The number of rotatable bonds is 2. The lowest BCUT2D eigenvalue weighted by Crippen LogP contribution is -2.52. The van der Waals surface area contributed by atoms with Gasteiger partial charge in [-0.2, -0.15) is 13.2 Å². The molecule has 2 aromatic rings. The first-order valence-electron chi connectivity index (χ1n) is 9.43. The molecule has 0 spiro atoms. The molecular formula is C21H20F3N3O2. The maximum atomic E-state index is 13.1. The number of benzene rings is 2. The number of amides is 2. The summed E-state index contributed by atoms with van der Waals surface area (Å²) in [6.45, 7) is 1.99. The number of fused-ring (bicyclic) bond motifs is 1. The van der Waals surface area contributed by atoms with Crippen LogP contribution in [0.4, 0.5) is 18.9 Å². The van der Waals surface area contributed by atoms with E-state index in [-0.39, 0.29) is 18.4 Å². The van der Waals surface area contributed by atoms with Gasteiger partial charge in [-0.05, 0) is 29.8 Å². The first-order chi connectivity index (χ1) is 13.8. The van der Waals surface area contributed by atoms with Crippen molar-refractivity contribution in [3.05, 3.63) is 65.2 Å². The van der Waals surface area contributed by atoms with Gasteiger partial charge < -0.3 is 15.1 Å². The van der Waals surface area contributed by atoms with Crippen LogP contribution in [-0.4, -0.2) is 49.4 Å². The Morgan fingerprint density at radius 2 is 1.72 bits per heavy atom. The number of hydrogen-bond acceptors (Lipinski definition) is 3. The normalized spacial score (nSPS) is 19.6. The van der Waals surface area contributed by atoms with Gasteiger partial charge in [0.15, 0.2) is 0 Å². The third-order valence-electron chi connectivity index (χ3n) is 5.48. The predicted molar refractivity (Wildman–Crippen MR) is 102 cm³/mol. The van der Waals surface area contributed by atoms with E-state index in [1.54, 1.807) is 29.2 Å². The average molecular weight is 403 g/mol. The second-order valence-electron chi connectivity index (χ2n) is 7.21. The Labute approximate surface area is 166 Å². The van der Waals surface area contributed by atoms with Gasteiger partial charge in [0.2, 0.25) is 5.91 Å². The zero-order valence-corrected chi connectivity index (χ0v) is 15.6. The van der Waals surface area contributed by atoms with Gasteiger partial charge in [0.1, 0.15) is 0 Å². The molecule has 1 saturated heterocycles. The predicted octanol–water partition coefficient (Wildman–Crippen LogP) is 2.88. The van der Waals surface area contributed by atoms with Gasteiger partial charge in [0.05, 0.1) is 11.5 Å². The summed E-state index contributed by atoms with van der Waals surface area (Å²) in [6.07, 6.45) is -4.38. The molecule has 152 valence electrons. The van der Waals surface area contributed by atoms with Gasteiger partial charge in [-0.1, -0.05) is 24.3 Å². The summed E-state index contributed by atoms with van der Waals surface area (Å²) < 4.78 is 38.9. The Hall–Kier alpha value is -3.03. The number of anilines is 1. The molecule has 1 atom stereocenters. The van der Waals surface area contributed by atoms with E-state index in [0.717, 1.165) is 17.7 Å². The van der Waals surface area contributed by atoms with Gasteiger partial charge in [-0.25, -0.2) is 0 Å². The number of alkyl halides is 3. The maximum Gasteiger partial charge on any atom is 0.416 e. The molecule has 0 aliphatic carbocycles. The third-order valence-corrected chi connectivity index (χ3v) is 5.48. The molecule has 1 fully saturated rings. The van der Waals surface area contributed by atoms with Gasteiger partial charge in [-0.3, -0.25) is 9.59 Å². The van der Waals surface area contributed by atoms with Crippen LogP contribution in [0.3, 0.4) is 0 Å². The van der Waals surface area contributed by atoms with Crippen molar-refractivity contribution in [3.63, 3.8) is 0 Å². The number of piperazine rings is 1. The lowest BCUT2D eigenvalue weighted by atomic mass is 9.89. The van der Waals surface area contributed by atoms with Gasteiger partial charge in [0.25, 0.3) is 5.91 Å². The highest BCUT2D eigenvalue weighted by atomic mass is 19.4. The van der Waals surface area contributed by atoms with Crippen molar-refractivity contribution < 1.29 is 22.8 Å². The molecule has 2 aromatic carbocycles. The lowest BCUT2D eigenvalue weighted by molar-refractivity contribution is -0.137. The average Bonchev–Trinajstić information content (AvgIpc) is 2.73. The summed E-state index contributed by atoms with van der Waals surface area (Å²) in [5, 5.41) is 2.76. The molecule has 2 heterocycles. The monoisotopic (exact) mass is 403 g/mol. The molecule has 0 saturated carbocycles. The molecule has 29 heavy (non-hydrogen) atoms. The summed E-state index contributed by atoms with van der Waals surface area (Å²) in [4.78, 5) is 28.6. The topological polar surface area (TPSA) is 52.7 Å². The van der Waals surface area contributed by atoms with Crippen LogP contribution in [0.2, 0.25) is 0 Å². The first-order valence-corrected chi connectivity index (χ1v) is 9.43. The highest BCUT2D eigenvalue weighted by Crippen LogP contribution is 2.32. The van der Waals surface area contributed by atoms with Crippen molar-refractivity contribution in [2.75, 3.05) is 37.6 Å². The van der Waals surface area contributed by atoms with Crippen molar-refractivity contribution in [1.29, 1.82) is 0 Å². The quantitative estimate of drug-likeness (QED) is 0.839. The summed E-state index contributed by atoms with van der Waals surface area (Å²) in [5.74, 6) is -0.691. The van der Waals surface area contributed by atoms with E-state index in [1.165, 1.54) is 6.07 Å². The summed E-state index contributed by atoms with van der Waals surface area (Å²) >= 11 is 0. The number of hydrogen-bond donors (Lipinski definition) is 1. The molecular weight excluding hydrogens is 383 g/mol. The van der Waals surface area contributed by atoms with Crippen molar-refractivity contribution in [2.24, 2.45) is 0 Å². The van der Waals surface area contributed by atoms with E-state index in [1.807, 2.05) is 11.0 Å². The molecule has 0 bridgehead atoms. The Bertz CT molecular complexity index is 937. The lowest BCUT2D eigenvalue weighted by Gasteiger charge is -2.38. The van der Waals surface area contributed by atoms with E-state index < -0.39 is 17.7 Å². The number of carbonyl (C=O) groups is 2. The molecule has 4 rings (SSSR count). The van der Waals surface area contributed by atoms with Crippen LogP contribution in [0.25, 0.3) is 0 Å². The van der Waals surface area contributed by atoms with Gasteiger partial charge in [0, 0.05) is 44.0 Å². The van der Waals surface area contributed by atoms with Crippen LogP contribution >= 0.6 is 0 Å². The van der Waals surface area contributed by atoms with E-state index in [9.17, 15) is 22.8 Å². The Balaban J connectivity index is 1.45. The molecule has 2 aliphatic heterocycles. The molecule has 1 unspecified atom stereocenters. The fourth-order valence-corrected chi connectivity index (χ4v) is 3.91. The zero-order valence-electron chi connectivity index (χ0n) is 15.6. The molecule has 2 aliphatic rings. The fourth-order valence-electron chi connectivity index (χ4n) is 3.91. The Morgan fingerprint density at radius 1 is 1.00 bits per heavy atom. The largest absolute Gasteiger partial charge is 0.416 e. The Kier molecular flexibility index (Phi) is 4.94. The number of nitrogens with one attached hydrogen (secondary N) is 1. The minimum absolute atomic E-state index is 0.0684. The fraction of sp³-hybridized carbons (Fsp3) is 0.333. The van der Waals surface area contributed by atoms with E-state index in [4.69, 9.17) is 0 Å². The van der Waals surface area contributed by atoms with Crippen molar-refractivity contribution >= 4 is 17.5 Å². The van der Waals surface area contributed by atoms with Crippen LogP contribution in [0.5, 0.6) is 0 Å². The van der Waals surface area contributed by atoms with Gasteiger partial charge >= 0.3 is 6.18 Å². The van der Waals surface area contributed by atoms with Crippen LogP contribution in [0.15, 0.2) is 48.5 Å². The third kappa shape index (κ3) is 3.79. The van der Waals surface area contributed by atoms with Crippen molar-refractivity contribution in [2.45, 2.75) is 12.1 Å². The molecule has 0 aromatic heterocycles. The van der Waals surface area contributed by atoms with Crippen molar-refractivity contribution in [1.82, 2.24) is 10.2 Å². The molecule has 1 N–H and O–H groups in total. The van der Waals surface area contributed by atoms with Crippen LogP contribution in [-0.2, 0) is 11.0 Å². The number of halogens is 3. The van der Waals surface area contributed by atoms with Crippen molar-refractivity contribution in [3.8, 4) is 0 Å². The molecule has 8 heteroatoms. The van der Waals surface area contributed by atoms with Crippen LogP contribution < -0.4 is 10.2 Å². The highest BCUT2D eigenvalue weighted by Gasteiger charge is 2.35. The second kappa shape index (κ2) is 7.42. The standard InChI is InChI=1S/C21H20F3N3O2/c22-21(23,24)14-4-3-5-15(12-14)26-8-10-27(11-9-26)20(29)18-13-25-19(28)17-7-2-1-6-16(17)18/h1-7,12,18H,8-11,13H2,(H,25,28). The summed E-state index contributed by atoms with van der Waals surface area (Å²) in [5.41, 5.74) is 1.06. The zero-order chi connectivity index (χ0) is 20.6. The van der Waals surface area contributed by atoms with E-state index in [2.05, 4.69) is 5.32 Å². The smallest absolute Gasteiger partial charge is 0.368 e. The van der Waals surface area contributed by atoms with Crippen LogP contribution in [0.1, 0.15) is 27.4 Å². The minimum Gasteiger partial charge on any atom is -0.368 e. The molecule has 2 amide bonds. The van der Waals surface area contributed by atoms with Crippen LogP contribution in [0, 0.1) is 0 Å². The van der Waals surface area contributed by atoms with E-state index >= 15 is 0 Å². The minimum atomic E-state index is -4.38. The SMILES string of the molecule is O=C1NCC(C(=O)N2CCN(c3cccc(C(F)(F)F)c3)CC2)c2ccccc21. The second-order valence-corrected chi connectivity index (χ2v) is 7.21. The summed E-state index contributed by atoms with van der Waals surface area (Å²) in [6, 6.07) is 12.3. The highest BCUT2D eigenvalue weighted by molar-refractivity contribution is 6.00. The van der Waals surface area contributed by atoms with Gasteiger partial charge in [-0.15, -0.1) is 0 Å². The summed E-state index contributed by atoms with van der Waals surface area (Å²) in [7, 11) is 0. The Morgan fingerprint density at radius 3 is 2.45 bits per heavy atom. The first kappa shape index (κ1) is 19.3. The molecule has 0 radical (unpaired) electrons. The molecule has 5 nitrogen and oxygen atoms in total. The number of nitrogens with zero attached hydrogens (tertiary/aromatic N) is 2. The maximum absolute atomic E-state index is 13.1.